The van der Waals surface area contributed by atoms with Gasteiger partial charge >= 0.3 is 0 Å². The number of hydrogen-bond donors (Lipinski definition) is 1. The number of carbonyl (C=O) groups is 1. The number of halogens is 1. The molecule has 4 nitrogen and oxygen atoms in total. The Balaban J connectivity index is 1.73. The Morgan fingerprint density at radius 1 is 1.08 bits per heavy atom. The second-order valence-corrected chi connectivity index (χ2v) is 6.58. The monoisotopic (exact) mass is 395 g/mol. The third-order valence-corrected chi connectivity index (χ3v) is 4.76. The van der Waals surface area contributed by atoms with E-state index in [1.807, 2.05) is 55.5 Å². The average molecular weight is 396 g/mol. The number of benzene rings is 2. The number of anilines is 3. The van der Waals surface area contributed by atoms with Gasteiger partial charge in [-0.05, 0) is 48.9 Å². The van der Waals surface area contributed by atoms with E-state index in [0.717, 1.165) is 15.8 Å². The SMILES string of the molecule is Cc1ccc(Nc2ccc(C(=O)N(C)c3ccccc3)cn2)cc1Br. The van der Waals surface area contributed by atoms with Crippen LogP contribution in [-0.4, -0.2) is 17.9 Å². The zero-order valence-electron chi connectivity index (χ0n) is 14.0. The van der Waals surface area contributed by atoms with Gasteiger partial charge in [0, 0.05) is 29.1 Å². The number of para-hydroxylation sites is 1. The lowest BCUT2D eigenvalue weighted by molar-refractivity contribution is 0.0992. The number of rotatable bonds is 4. The van der Waals surface area contributed by atoms with Crippen molar-refractivity contribution in [3.8, 4) is 0 Å². The van der Waals surface area contributed by atoms with Crippen molar-refractivity contribution in [3.63, 3.8) is 0 Å². The van der Waals surface area contributed by atoms with Crippen LogP contribution in [0.1, 0.15) is 15.9 Å². The molecular weight excluding hydrogens is 378 g/mol. The Morgan fingerprint density at radius 3 is 2.48 bits per heavy atom. The standard InChI is InChI=1S/C20H18BrN3O/c1-14-8-10-16(12-18(14)21)23-19-11-9-15(13-22-19)20(25)24(2)17-6-4-3-5-7-17/h3-13H,1-2H3,(H,22,23). The van der Waals surface area contributed by atoms with Gasteiger partial charge in [0.2, 0.25) is 0 Å². The Bertz CT molecular complexity index is 879. The molecule has 1 heterocycles. The van der Waals surface area contributed by atoms with Gasteiger partial charge in [-0.2, -0.15) is 0 Å². The molecule has 3 aromatic rings. The first-order valence-electron chi connectivity index (χ1n) is 7.87. The zero-order valence-corrected chi connectivity index (χ0v) is 15.6. The van der Waals surface area contributed by atoms with Gasteiger partial charge in [-0.3, -0.25) is 4.79 Å². The van der Waals surface area contributed by atoms with Crippen molar-refractivity contribution in [2.24, 2.45) is 0 Å². The van der Waals surface area contributed by atoms with E-state index in [4.69, 9.17) is 0 Å². The van der Waals surface area contributed by atoms with Crippen LogP contribution >= 0.6 is 15.9 Å². The highest BCUT2D eigenvalue weighted by Gasteiger charge is 2.13. The van der Waals surface area contributed by atoms with Gasteiger partial charge < -0.3 is 10.2 Å². The van der Waals surface area contributed by atoms with E-state index < -0.39 is 0 Å². The maximum Gasteiger partial charge on any atom is 0.259 e. The fourth-order valence-electron chi connectivity index (χ4n) is 2.38. The third-order valence-electron chi connectivity index (χ3n) is 3.90. The molecule has 0 fully saturated rings. The predicted molar refractivity (Wildman–Crippen MR) is 106 cm³/mol. The largest absolute Gasteiger partial charge is 0.340 e. The van der Waals surface area contributed by atoms with Crippen LogP contribution in [0, 0.1) is 6.92 Å². The van der Waals surface area contributed by atoms with E-state index in [1.165, 1.54) is 5.56 Å². The van der Waals surface area contributed by atoms with Crippen molar-refractivity contribution >= 4 is 39.0 Å². The van der Waals surface area contributed by atoms with E-state index >= 15 is 0 Å². The molecule has 5 heteroatoms. The van der Waals surface area contributed by atoms with Crippen molar-refractivity contribution in [2.75, 3.05) is 17.3 Å². The molecule has 0 aliphatic heterocycles. The molecule has 3 rings (SSSR count). The fraction of sp³-hybridized carbons (Fsp3) is 0.100. The topological polar surface area (TPSA) is 45.2 Å². The van der Waals surface area contributed by atoms with E-state index in [2.05, 4.69) is 26.2 Å². The van der Waals surface area contributed by atoms with Crippen LogP contribution in [0.3, 0.4) is 0 Å². The van der Waals surface area contributed by atoms with Crippen molar-refractivity contribution in [1.29, 1.82) is 0 Å². The molecule has 0 spiro atoms. The molecule has 0 bridgehead atoms. The average Bonchev–Trinajstić information content (AvgIpc) is 2.65. The van der Waals surface area contributed by atoms with Gasteiger partial charge in [0.05, 0.1) is 5.56 Å². The second kappa shape index (κ2) is 7.49. The van der Waals surface area contributed by atoms with Crippen LogP contribution in [0.2, 0.25) is 0 Å². The maximum absolute atomic E-state index is 12.6. The van der Waals surface area contributed by atoms with E-state index in [-0.39, 0.29) is 5.91 Å². The number of aromatic nitrogens is 1. The molecule has 0 unspecified atom stereocenters. The van der Waals surface area contributed by atoms with Crippen molar-refractivity contribution < 1.29 is 4.79 Å². The minimum Gasteiger partial charge on any atom is -0.340 e. The first-order chi connectivity index (χ1) is 12.0. The number of amides is 1. The van der Waals surface area contributed by atoms with Gasteiger partial charge in [0.25, 0.3) is 5.91 Å². The molecule has 0 radical (unpaired) electrons. The molecule has 2 aromatic carbocycles. The molecule has 0 saturated carbocycles. The van der Waals surface area contributed by atoms with Crippen molar-refractivity contribution in [1.82, 2.24) is 4.98 Å². The van der Waals surface area contributed by atoms with Gasteiger partial charge in [0.1, 0.15) is 5.82 Å². The smallest absolute Gasteiger partial charge is 0.259 e. The minimum absolute atomic E-state index is 0.0941. The molecule has 0 aliphatic carbocycles. The molecule has 126 valence electrons. The number of aryl methyl sites for hydroxylation is 1. The maximum atomic E-state index is 12.6. The van der Waals surface area contributed by atoms with E-state index in [9.17, 15) is 4.79 Å². The Morgan fingerprint density at radius 2 is 1.84 bits per heavy atom. The lowest BCUT2D eigenvalue weighted by Crippen LogP contribution is -2.26. The number of pyridine rings is 1. The van der Waals surface area contributed by atoms with Gasteiger partial charge in [-0.15, -0.1) is 0 Å². The Hall–Kier alpha value is -2.66. The molecule has 0 atom stereocenters. The van der Waals surface area contributed by atoms with E-state index in [1.54, 1.807) is 30.3 Å². The van der Waals surface area contributed by atoms with Gasteiger partial charge in [-0.1, -0.05) is 40.2 Å². The van der Waals surface area contributed by atoms with Crippen LogP contribution in [0.4, 0.5) is 17.2 Å². The Kier molecular flexibility index (Phi) is 5.14. The predicted octanol–water partition coefficient (Wildman–Crippen LogP) is 5.17. The zero-order chi connectivity index (χ0) is 17.8. The second-order valence-electron chi connectivity index (χ2n) is 5.72. The molecule has 1 aromatic heterocycles. The summed E-state index contributed by atoms with van der Waals surface area (Å²) in [5.74, 6) is 0.595. The molecule has 1 N–H and O–H groups in total. The van der Waals surface area contributed by atoms with Gasteiger partial charge in [-0.25, -0.2) is 4.98 Å². The van der Waals surface area contributed by atoms with Crippen LogP contribution in [0.15, 0.2) is 71.3 Å². The summed E-state index contributed by atoms with van der Waals surface area (Å²) < 4.78 is 1.04. The summed E-state index contributed by atoms with van der Waals surface area (Å²) in [4.78, 5) is 18.5. The normalized spacial score (nSPS) is 10.4. The van der Waals surface area contributed by atoms with E-state index in [0.29, 0.717) is 11.4 Å². The summed E-state index contributed by atoms with van der Waals surface area (Å²) in [5.41, 5.74) is 3.50. The number of nitrogens with one attached hydrogen (secondary N) is 1. The first-order valence-corrected chi connectivity index (χ1v) is 8.66. The van der Waals surface area contributed by atoms with Crippen LogP contribution in [-0.2, 0) is 0 Å². The molecule has 0 saturated heterocycles. The first kappa shape index (κ1) is 17.2. The highest BCUT2D eigenvalue weighted by molar-refractivity contribution is 9.10. The van der Waals surface area contributed by atoms with Crippen LogP contribution in [0.5, 0.6) is 0 Å². The van der Waals surface area contributed by atoms with Crippen LogP contribution < -0.4 is 10.2 Å². The highest BCUT2D eigenvalue weighted by Crippen LogP contribution is 2.23. The lowest BCUT2D eigenvalue weighted by atomic mass is 10.2. The molecule has 0 aliphatic rings. The number of carbonyl (C=O) groups excluding carboxylic acids is 1. The summed E-state index contributed by atoms with van der Waals surface area (Å²) in [7, 11) is 1.76. The molecule has 25 heavy (non-hydrogen) atoms. The highest BCUT2D eigenvalue weighted by atomic mass is 79.9. The number of nitrogens with zero attached hydrogens (tertiary/aromatic N) is 2. The number of hydrogen-bond acceptors (Lipinski definition) is 3. The quantitative estimate of drug-likeness (QED) is 0.662. The summed E-state index contributed by atoms with van der Waals surface area (Å²) in [5, 5.41) is 3.23. The van der Waals surface area contributed by atoms with Crippen LogP contribution in [0.25, 0.3) is 0 Å². The molecular formula is C20H18BrN3O. The molecule has 1 amide bonds. The lowest BCUT2D eigenvalue weighted by Gasteiger charge is -2.17. The minimum atomic E-state index is -0.0941. The third kappa shape index (κ3) is 4.06. The Labute approximate surface area is 155 Å². The summed E-state index contributed by atoms with van der Waals surface area (Å²) in [6.45, 7) is 2.04. The summed E-state index contributed by atoms with van der Waals surface area (Å²) in [6.07, 6.45) is 1.59. The van der Waals surface area contributed by atoms with Crippen molar-refractivity contribution in [2.45, 2.75) is 6.92 Å². The fourth-order valence-corrected chi connectivity index (χ4v) is 2.75. The summed E-state index contributed by atoms with van der Waals surface area (Å²) >= 11 is 3.52. The van der Waals surface area contributed by atoms with Gasteiger partial charge in [0.15, 0.2) is 0 Å². The summed E-state index contributed by atoms with van der Waals surface area (Å²) in [6, 6.07) is 19.1. The van der Waals surface area contributed by atoms with Crippen molar-refractivity contribution in [3.05, 3.63) is 82.5 Å².